The number of nitrogens with two attached hydrogens (primary N) is 1. The normalized spacial score (nSPS) is 13.7. The first-order valence-electron chi connectivity index (χ1n) is 6.85. The van der Waals surface area contributed by atoms with Crippen molar-refractivity contribution in [3.63, 3.8) is 0 Å². The molecule has 1 aromatic rings. The Balaban J connectivity index is 3.06. The summed E-state index contributed by atoms with van der Waals surface area (Å²) in [5, 5.41) is 9.30. The molecule has 0 heterocycles. The molecule has 0 saturated carbocycles. The first-order valence-corrected chi connectivity index (χ1v) is 6.85. The van der Waals surface area contributed by atoms with Gasteiger partial charge in [0.15, 0.2) is 0 Å². The van der Waals surface area contributed by atoms with E-state index in [4.69, 9.17) is 5.73 Å². The van der Waals surface area contributed by atoms with Crippen molar-refractivity contribution in [3.05, 3.63) is 34.9 Å². The highest BCUT2D eigenvalue weighted by Crippen LogP contribution is 2.26. The second-order valence-electron chi connectivity index (χ2n) is 6.08. The van der Waals surface area contributed by atoms with Gasteiger partial charge in [-0.25, -0.2) is 0 Å². The molecule has 0 fully saturated rings. The largest absolute Gasteiger partial charge is 0.396 e. The average Bonchev–Trinajstić information content (AvgIpc) is 2.34. The second-order valence-corrected chi connectivity index (χ2v) is 6.08. The van der Waals surface area contributed by atoms with Crippen molar-refractivity contribution < 1.29 is 5.11 Å². The number of aryl methyl sites for hydroxylation is 1. The van der Waals surface area contributed by atoms with Crippen LogP contribution < -0.4 is 5.73 Å². The molecule has 0 aliphatic carbocycles. The quantitative estimate of drug-likeness (QED) is 0.842. The van der Waals surface area contributed by atoms with Crippen LogP contribution in [-0.2, 0) is 18.3 Å². The van der Waals surface area contributed by atoms with Crippen LogP contribution in [0.3, 0.4) is 0 Å². The van der Waals surface area contributed by atoms with Gasteiger partial charge in [0.05, 0.1) is 0 Å². The summed E-state index contributed by atoms with van der Waals surface area (Å²) in [7, 11) is 0. The van der Waals surface area contributed by atoms with Gasteiger partial charge < -0.3 is 10.8 Å². The van der Waals surface area contributed by atoms with Gasteiger partial charge in [0.25, 0.3) is 0 Å². The van der Waals surface area contributed by atoms with E-state index in [9.17, 15) is 5.11 Å². The van der Waals surface area contributed by atoms with Crippen LogP contribution >= 0.6 is 0 Å². The van der Waals surface area contributed by atoms with Crippen LogP contribution in [0.2, 0.25) is 0 Å². The lowest BCUT2D eigenvalue weighted by Crippen LogP contribution is -2.21. The Morgan fingerprint density at radius 1 is 1.22 bits per heavy atom. The Morgan fingerprint density at radius 3 is 2.33 bits per heavy atom. The maximum absolute atomic E-state index is 9.30. The monoisotopic (exact) mass is 249 g/mol. The molecule has 3 N–H and O–H groups in total. The summed E-state index contributed by atoms with van der Waals surface area (Å²) in [6, 6.07) is 6.73. The van der Waals surface area contributed by atoms with E-state index in [1.807, 2.05) is 0 Å². The Bertz CT molecular complexity index is 375. The van der Waals surface area contributed by atoms with Crippen molar-refractivity contribution in [2.75, 3.05) is 13.2 Å². The Labute approximate surface area is 111 Å². The molecule has 0 aliphatic rings. The lowest BCUT2D eigenvalue weighted by molar-refractivity contribution is 0.229. The maximum Gasteiger partial charge on any atom is 0.0474 e. The lowest BCUT2D eigenvalue weighted by atomic mass is 9.83. The fraction of sp³-hybridized carbons (Fsp3) is 0.625. The molecule has 2 heteroatoms. The lowest BCUT2D eigenvalue weighted by Gasteiger charge is -2.22. The van der Waals surface area contributed by atoms with Gasteiger partial charge in [-0.05, 0) is 47.4 Å². The molecule has 0 saturated heterocycles. The van der Waals surface area contributed by atoms with Crippen LogP contribution in [0.1, 0.15) is 44.4 Å². The third-order valence-electron chi connectivity index (χ3n) is 3.55. The zero-order chi connectivity index (χ0) is 13.8. The van der Waals surface area contributed by atoms with Gasteiger partial charge in [-0.2, -0.15) is 0 Å². The van der Waals surface area contributed by atoms with Crippen LogP contribution in [0.15, 0.2) is 18.2 Å². The minimum Gasteiger partial charge on any atom is -0.396 e. The predicted molar refractivity (Wildman–Crippen MR) is 77.9 cm³/mol. The van der Waals surface area contributed by atoms with Gasteiger partial charge in [-0.15, -0.1) is 0 Å². The number of aliphatic hydroxyl groups excluding tert-OH is 1. The minimum atomic E-state index is 0.165. The van der Waals surface area contributed by atoms with E-state index in [1.165, 1.54) is 16.7 Å². The molecule has 1 unspecified atom stereocenters. The van der Waals surface area contributed by atoms with Crippen LogP contribution in [0, 0.1) is 5.92 Å². The smallest absolute Gasteiger partial charge is 0.0474 e. The first-order chi connectivity index (χ1) is 8.42. The highest BCUT2D eigenvalue weighted by Gasteiger charge is 2.16. The highest BCUT2D eigenvalue weighted by molar-refractivity contribution is 5.35. The molecule has 0 aliphatic heterocycles. The third kappa shape index (κ3) is 3.82. The summed E-state index contributed by atoms with van der Waals surface area (Å²) in [5.41, 5.74) is 9.91. The van der Waals surface area contributed by atoms with Crippen molar-refractivity contribution in [2.24, 2.45) is 11.7 Å². The van der Waals surface area contributed by atoms with Crippen molar-refractivity contribution in [1.82, 2.24) is 0 Å². The topological polar surface area (TPSA) is 46.2 Å². The molecule has 2 nitrogen and oxygen atoms in total. The number of hydrogen-bond donors (Lipinski definition) is 2. The third-order valence-corrected chi connectivity index (χ3v) is 3.55. The molecule has 1 atom stereocenters. The number of rotatable bonds is 5. The van der Waals surface area contributed by atoms with Gasteiger partial charge in [0, 0.05) is 6.61 Å². The summed E-state index contributed by atoms with van der Waals surface area (Å²) in [5.74, 6) is 0.172. The van der Waals surface area contributed by atoms with E-state index in [0.29, 0.717) is 6.54 Å². The molecule has 18 heavy (non-hydrogen) atoms. The molecular formula is C16H27NO. The van der Waals surface area contributed by atoms with Crippen molar-refractivity contribution >= 4 is 0 Å². The minimum absolute atomic E-state index is 0.165. The zero-order valence-electron chi connectivity index (χ0n) is 12.2. The molecule has 0 amide bonds. The van der Waals surface area contributed by atoms with E-state index in [2.05, 4.69) is 45.9 Å². The molecule has 1 rings (SSSR count). The number of hydrogen-bond acceptors (Lipinski definition) is 2. The Hall–Kier alpha value is -0.860. The summed E-state index contributed by atoms with van der Waals surface area (Å²) >= 11 is 0. The van der Waals surface area contributed by atoms with E-state index in [0.717, 1.165) is 12.8 Å². The van der Waals surface area contributed by atoms with Crippen LogP contribution in [0.4, 0.5) is 0 Å². The number of aliphatic hydroxyl groups is 1. The summed E-state index contributed by atoms with van der Waals surface area (Å²) in [4.78, 5) is 0. The van der Waals surface area contributed by atoms with E-state index in [-0.39, 0.29) is 17.9 Å². The fourth-order valence-corrected chi connectivity index (χ4v) is 2.16. The molecule has 0 spiro atoms. The van der Waals surface area contributed by atoms with Gasteiger partial charge in [-0.1, -0.05) is 45.9 Å². The molecule has 0 bridgehead atoms. The average molecular weight is 249 g/mol. The van der Waals surface area contributed by atoms with Crippen molar-refractivity contribution in [2.45, 2.75) is 46.0 Å². The summed E-state index contributed by atoms with van der Waals surface area (Å²) < 4.78 is 0. The Kier molecular flexibility index (Phi) is 5.36. The maximum atomic E-state index is 9.30. The number of benzene rings is 1. The van der Waals surface area contributed by atoms with Gasteiger partial charge in [-0.3, -0.25) is 0 Å². The van der Waals surface area contributed by atoms with Crippen molar-refractivity contribution in [3.8, 4) is 0 Å². The van der Waals surface area contributed by atoms with Crippen LogP contribution in [0.25, 0.3) is 0 Å². The summed E-state index contributed by atoms with van der Waals surface area (Å²) in [6.45, 7) is 9.56. The fourth-order valence-electron chi connectivity index (χ4n) is 2.16. The van der Waals surface area contributed by atoms with E-state index in [1.54, 1.807) is 0 Å². The standard InChI is InChI=1S/C16H27NO/c1-5-13-6-7-15(16(2,3)4)9-14(13)8-12(10-17)11-18/h6-7,9,12,18H,5,8,10-11,17H2,1-4H3. The molecule has 102 valence electrons. The predicted octanol–water partition coefficient (Wildman–Crippen LogP) is 2.66. The summed E-state index contributed by atoms with van der Waals surface area (Å²) in [6.07, 6.45) is 1.91. The van der Waals surface area contributed by atoms with Crippen LogP contribution in [-0.4, -0.2) is 18.3 Å². The SMILES string of the molecule is CCc1ccc(C(C)(C)C)cc1CC(CN)CO. The zero-order valence-corrected chi connectivity index (χ0v) is 12.2. The van der Waals surface area contributed by atoms with E-state index < -0.39 is 0 Å². The van der Waals surface area contributed by atoms with E-state index >= 15 is 0 Å². The van der Waals surface area contributed by atoms with Gasteiger partial charge in [0.1, 0.15) is 0 Å². The second kappa shape index (κ2) is 6.35. The van der Waals surface area contributed by atoms with Crippen LogP contribution in [0.5, 0.6) is 0 Å². The highest BCUT2D eigenvalue weighted by atomic mass is 16.3. The van der Waals surface area contributed by atoms with Crippen molar-refractivity contribution in [1.29, 1.82) is 0 Å². The molecule has 0 aromatic heterocycles. The first kappa shape index (κ1) is 15.2. The molecule has 0 radical (unpaired) electrons. The molecule has 1 aromatic carbocycles. The Morgan fingerprint density at radius 2 is 1.89 bits per heavy atom. The molecular weight excluding hydrogens is 222 g/mol. The van der Waals surface area contributed by atoms with Gasteiger partial charge >= 0.3 is 0 Å². The van der Waals surface area contributed by atoms with Gasteiger partial charge in [0.2, 0.25) is 0 Å².